The monoisotopic (exact) mass is 879 g/mol. The first-order valence-electron chi connectivity index (χ1n) is 20.9. The minimum absolute atomic E-state index is 0.156. The van der Waals surface area contributed by atoms with E-state index in [0.29, 0.717) is 11.4 Å². The van der Waals surface area contributed by atoms with Gasteiger partial charge in [-0.2, -0.15) is 0 Å². The van der Waals surface area contributed by atoms with Crippen molar-refractivity contribution in [3.8, 4) is 0 Å². The van der Waals surface area contributed by atoms with Gasteiger partial charge < -0.3 is 16.0 Å². The van der Waals surface area contributed by atoms with Gasteiger partial charge in [0, 0.05) is 45.4 Å². The maximum absolute atomic E-state index is 12.2. The Morgan fingerprint density at radius 2 is 0.810 bits per heavy atom. The molecule has 9 nitrogen and oxygen atoms in total. The Morgan fingerprint density at radius 3 is 1.24 bits per heavy atom. The molecule has 326 valence electrons. The van der Waals surface area contributed by atoms with Crippen LogP contribution in [-0.2, 0) is 20.0 Å². The predicted molar refractivity (Wildman–Crippen MR) is 267 cm³/mol. The first kappa shape index (κ1) is 44.7. The van der Waals surface area contributed by atoms with Crippen molar-refractivity contribution in [2.45, 2.75) is 68.2 Å². The average molecular weight is 880 g/mol. The van der Waals surface area contributed by atoms with Crippen LogP contribution in [0.3, 0.4) is 0 Å². The van der Waals surface area contributed by atoms with E-state index >= 15 is 0 Å². The summed E-state index contributed by atoms with van der Waals surface area (Å²) in [4.78, 5) is 0. The molecule has 0 unspecified atom stereocenters. The Balaban J connectivity index is 1.31. The lowest BCUT2D eigenvalue weighted by Gasteiger charge is -2.24. The van der Waals surface area contributed by atoms with Gasteiger partial charge in [-0.3, -0.25) is 9.44 Å². The van der Waals surface area contributed by atoms with Gasteiger partial charge in [0.2, 0.25) is 20.0 Å². The second kappa shape index (κ2) is 17.5. The number of hydrogen-bond acceptors (Lipinski definition) is 7. The highest BCUT2D eigenvalue weighted by Crippen LogP contribution is 2.42. The van der Waals surface area contributed by atoms with Crippen LogP contribution in [0.5, 0.6) is 0 Å². The van der Waals surface area contributed by atoms with E-state index in [1.165, 1.54) is 29.2 Å². The summed E-state index contributed by atoms with van der Waals surface area (Å²) in [6.45, 7) is 18.1. The van der Waals surface area contributed by atoms with Crippen molar-refractivity contribution in [1.82, 2.24) is 0 Å². The zero-order valence-corrected chi connectivity index (χ0v) is 39.6. The van der Waals surface area contributed by atoms with Gasteiger partial charge in [-0.05, 0) is 159 Å². The third-order valence-corrected chi connectivity index (χ3v) is 12.9. The zero-order valence-electron chi connectivity index (χ0n) is 37.9. The summed E-state index contributed by atoms with van der Waals surface area (Å²) in [5, 5.41) is 13.2. The largest absolute Gasteiger partial charge is 0.355 e. The topological polar surface area (TPSA) is 128 Å². The minimum Gasteiger partial charge on any atom is -0.355 e. The molecule has 7 rings (SSSR count). The molecule has 7 aromatic carbocycles. The fourth-order valence-electron chi connectivity index (χ4n) is 8.99. The number of fused-ring (bicyclic) bond motifs is 1. The van der Waals surface area contributed by atoms with E-state index in [1.54, 1.807) is 0 Å². The molecule has 0 saturated carbocycles. The molecule has 0 spiro atoms. The zero-order chi connectivity index (χ0) is 45.5. The van der Waals surface area contributed by atoms with Gasteiger partial charge in [0.05, 0.1) is 23.9 Å². The number of nitrogens with one attached hydrogen (secondary N) is 5. The lowest BCUT2D eigenvalue weighted by Crippen LogP contribution is -2.13. The van der Waals surface area contributed by atoms with Crippen molar-refractivity contribution in [3.05, 3.63) is 176 Å². The molecule has 0 radical (unpaired) electrons. The first-order valence-corrected chi connectivity index (χ1v) is 24.7. The Kier molecular flexibility index (Phi) is 12.4. The molecule has 0 amide bonds. The van der Waals surface area contributed by atoms with Crippen LogP contribution in [0.25, 0.3) is 10.8 Å². The van der Waals surface area contributed by atoms with Gasteiger partial charge in [-0.25, -0.2) is 16.8 Å². The van der Waals surface area contributed by atoms with Crippen LogP contribution in [0, 0.1) is 62.3 Å². The highest BCUT2D eigenvalue weighted by Gasteiger charge is 2.22. The number of sulfonamides is 2. The summed E-state index contributed by atoms with van der Waals surface area (Å²) in [6.07, 6.45) is 2.33. The van der Waals surface area contributed by atoms with Crippen molar-refractivity contribution < 1.29 is 16.8 Å². The van der Waals surface area contributed by atoms with E-state index in [0.717, 1.165) is 95.0 Å². The lowest BCUT2D eigenvalue weighted by molar-refractivity contribution is 0.605. The summed E-state index contributed by atoms with van der Waals surface area (Å²) in [7, 11) is -6.95. The number of anilines is 8. The highest BCUT2D eigenvalue weighted by molar-refractivity contribution is 7.92. The van der Waals surface area contributed by atoms with Crippen LogP contribution in [0.15, 0.2) is 109 Å². The van der Waals surface area contributed by atoms with E-state index in [2.05, 4.69) is 143 Å². The SMILES string of the molecule is Cc1cc(C)c(Nc2ccc(C(c3ccc(Nc4c(C)cc(C)c(NS(C)(=O)=O)c4C)cc3)c3ccc(Nc4c(C)cc(C)c(NS(C)(=O)=O)c4C)cc3)c3ccccc23)c(C)c1. The van der Waals surface area contributed by atoms with Gasteiger partial charge in [0.25, 0.3) is 0 Å². The van der Waals surface area contributed by atoms with Crippen LogP contribution in [0.1, 0.15) is 72.7 Å². The first-order chi connectivity index (χ1) is 29.7. The van der Waals surface area contributed by atoms with E-state index in [9.17, 15) is 16.8 Å². The number of aryl methyl sites for hydroxylation is 7. The maximum atomic E-state index is 12.2. The summed E-state index contributed by atoms with van der Waals surface area (Å²) in [5.41, 5.74) is 19.1. The quantitative estimate of drug-likeness (QED) is 0.0730. The van der Waals surface area contributed by atoms with Crippen molar-refractivity contribution in [1.29, 1.82) is 0 Å². The number of benzene rings is 7. The molecular weight excluding hydrogens is 823 g/mol. The van der Waals surface area contributed by atoms with Crippen molar-refractivity contribution in [3.63, 3.8) is 0 Å². The fourth-order valence-corrected chi connectivity index (χ4v) is 10.4. The van der Waals surface area contributed by atoms with Crippen LogP contribution >= 0.6 is 0 Å². The summed E-state index contributed by atoms with van der Waals surface area (Å²) in [5.74, 6) is -0.156. The smallest absolute Gasteiger partial charge is 0.229 e. The molecule has 0 atom stereocenters. The van der Waals surface area contributed by atoms with Gasteiger partial charge in [-0.1, -0.05) is 84.4 Å². The molecule has 0 bridgehead atoms. The molecule has 0 aliphatic rings. The molecule has 63 heavy (non-hydrogen) atoms. The molecular formula is C52H57N5O4S2. The summed E-state index contributed by atoms with van der Waals surface area (Å²) in [6, 6.07) is 38.3. The molecule has 11 heteroatoms. The van der Waals surface area contributed by atoms with E-state index in [-0.39, 0.29) is 5.92 Å². The Hall–Kier alpha value is -6.30. The summed E-state index contributed by atoms with van der Waals surface area (Å²) >= 11 is 0. The third-order valence-electron chi connectivity index (χ3n) is 11.8. The lowest BCUT2D eigenvalue weighted by atomic mass is 9.82. The van der Waals surface area contributed by atoms with Gasteiger partial charge in [-0.15, -0.1) is 0 Å². The average Bonchev–Trinajstić information content (AvgIpc) is 3.20. The molecule has 0 aliphatic carbocycles. The molecule has 7 aromatic rings. The molecule has 0 saturated heterocycles. The molecule has 5 N–H and O–H groups in total. The second-order valence-electron chi connectivity index (χ2n) is 17.1. The van der Waals surface area contributed by atoms with Crippen LogP contribution in [0.4, 0.5) is 45.5 Å². The molecule has 0 aliphatic heterocycles. The standard InChI is InChI=1S/C52H57N5O4S2/c1-30-26-31(2)48(32(3)27-30)55-46-25-24-45(43-14-12-13-15-44(43)46)47(39-16-20-41(21-17-39)53-49-33(4)28-35(6)51(37(49)8)56-62(10,58)59)40-18-22-42(23-19-40)54-50-34(5)29-36(7)52(38(50)9)57-63(11,60)61/h12-29,47,53-57H,1-11H3. The van der Waals surface area contributed by atoms with Crippen molar-refractivity contribution in [2.24, 2.45) is 0 Å². The minimum atomic E-state index is -3.47. The molecule has 0 heterocycles. The number of hydrogen-bond donors (Lipinski definition) is 5. The Morgan fingerprint density at radius 1 is 0.413 bits per heavy atom. The van der Waals surface area contributed by atoms with Gasteiger partial charge >= 0.3 is 0 Å². The van der Waals surface area contributed by atoms with Crippen molar-refractivity contribution in [2.75, 3.05) is 37.9 Å². The Bertz CT molecular complexity index is 2960. The van der Waals surface area contributed by atoms with Crippen LogP contribution in [-0.4, -0.2) is 29.3 Å². The normalized spacial score (nSPS) is 11.8. The van der Waals surface area contributed by atoms with Gasteiger partial charge in [0.1, 0.15) is 0 Å². The summed E-state index contributed by atoms with van der Waals surface area (Å²) < 4.78 is 54.4. The second-order valence-corrected chi connectivity index (χ2v) is 20.6. The number of rotatable bonds is 13. The van der Waals surface area contributed by atoms with E-state index in [1.807, 2.05) is 53.7 Å². The fraction of sp³-hybridized carbons (Fsp3) is 0.231. The molecule has 0 fully saturated rings. The maximum Gasteiger partial charge on any atom is 0.229 e. The Labute approximate surface area is 373 Å². The van der Waals surface area contributed by atoms with E-state index in [4.69, 9.17) is 0 Å². The molecule has 0 aromatic heterocycles. The van der Waals surface area contributed by atoms with E-state index < -0.39 is 20.0 Å². The highest BCUT2D eigenvalue weighted by atomic mass is 32.2. The van der Waals surface area contributed by atoms with Crippen LogP contribution in [0.2, 0.25) is 0 Å². The third kappa shape index (κ3) is 9.85. The van der Waals surface area contributed by atoms with Crippen LogP contribution < -0.4 is 25.4 Å². The van der Waals surface area contributed by atoms with Crippen molar-refractivity contribution >= 4 is 76.3 Å². The predicted octanol–water partition coefficient (Wildman–Crippen LogP) is 12.8. The van der Waals surface area contributed by atoms with Gasteiger partial charge in [0.15, 0.2) is 0 Å².